The van der Waals surface area contributed by atoms with Crippen molar-refractivity contribution in [1.29, 1.82) is 0 Å². The maximum atomic E-state index is 12.5. The van der Waals surface area contributed by atoms with Crippen molar-refractivity contribution >= 4 is 34.3 Å². The van der Waals surface area contributed by atoms with Gasteiger partial charge in [0, 0.05) is 30.9 Å². The zero-order valence-corrected chi connectivity index (χ0v) is 16.3. The lowest BCUT2D eigenvalue weighted by atomic mass is 9.97. The van der Waals surface area contributed by atoms with E-state index >= 15 is 0 Å². The SMILES string of the molecule is CCOC(=O)C1CCN(C(=O)Cc2csc(NC(=O)c3ncccn3)n2)CC1. The molecule has 1 N–H and O–H groups in total. The molecular weight excluding hydrogens is 382 g/mol. The molecule has 0 radical (unpaired) electrons. The number of carbonyl (C=O) groups excluding carboxylic acids is 3. The van der Waals surface area contributed by atoms with Crippen molar-refractivity contribution in [2.24, 2.45) is 5.92 Å². The first-order valence-corrected chi connectivity index (χ1v) is 9.92. The molecule has 0 saturated carbocycles. The van der Waals surface area contributed by atoms with Gasteiger partial charge in [-0.05, 0) is 25.8 Å². The summed E-state index contributed by atoms with van der Waals surface area (Å²) in [5, 5.41) is 4.76. The Hall–Kier alpha value is -2.88. The molecule has 1 aliphatic heterocycles. The van der Waals surface area contributed by atoms with E-state index in [1.807, 2.05) is 0 Å². The van der Waals surface area contributed by atoms with Crippen molar-refractivity contribution in [1.82, 2.24) is 19.9 Å². The van der Waals surface area contributed by atoms with Crippen molar-refractivity contribution in [3.63, 3.8) is 0 Å². The van der Waals surface area contributed by atoms with Gasteiger partial charge in [-0.25, -0.2) is 15.0 Å². The summed E-state index contributed by atoms with van der Waals surface area (Å²) >= 11 is 1.24. The van der Waals surface area contributed by atoms with Gasteiger partial charge < -0.3 is 9.64 Å². The number of carbonyl (C=O) groups is 3. The predicted molar refractivity (Wildman–Crippen MR) is 102 cm³/mol. The van der Waals surface area contributed by atoms with E-state index in [-0.39, 0.29) is 30.0 Å². The summed E-state index contributed by atoms with van der Waals surface area (Å²) in [6.07, 6.45) is 4.34. The average Bonchev–Trinajstić information content (AvgIpc) is 3.15. The molecule has 9 nitrogen and oxygen atoms in total. The number of hydrogen-bond acceptors (Lipinski definition) is 8. The number of esters is 1. The van der Waals surface area contributed by atoms with Gasteiger partial charge in [0.25, 0.3) is 5.91 Å². The zero-order chi connectivity index (χ0) is 19.9. The Morgan fingerprint density at radius 1 is 1.25 bits per heavy atom. The van der Waals surface area contributed by atoms with Crippen LogP contribution in [0.3, 0.4) is 0 Å². The number of thiazole rings is 1. The van der Waals surface area contributed by atoms with Crippen molar-refractivity contribution < 1.29 is 19.1 Å². The number of aromatic nitrogens is 3. The number of anilines is 1. The molecular formula is C18H21N5O4S. The summed E-state index contributed by atoms with van der Waals surface area (Å²) in [4.78, 5) is 50.1. The van der Waals surface area contributed by atoms with E-state index in [0.29, 0.717) is 43.4 Å². The third kappa shape index (κ3) is 5.10. The molecule has 28 heavy (non-hydrogen) atoms. The van der Waals surface area contributed by atoms with Gasteiger partial charge in [0.05, 0.1) is 24.6 Å². The lowest BCUT2D eigenvalue weighted by Gasteiger charge is -2.30. The van der Waals surface area contributed by atoms with Gasteiger partial charge in [-0.1, -0.05) is 0 Å². The fourth-order valence-corrected chi connectivity index (χ4v) is 3.61. The van der Waals surface area contributed by atoms with Gasteiger partial charge in [-0.2, -0.15) is 0 Å². The van der Waals surface area contributed by atoms with E-state index in [1.165, 1.54) is 23.7 Å². The third-order valence-corrected chi connectivity index (χ3v) is 5.15. The minimum atomic E-state index is -0.450. The zero-order valence-electron chi connectivity index (χ0n) is 15.5. The smallest absolute Gasteiger partial charge is 0.309 e. The number of nitrogens with zero attached hydrogens (tertiary/aromatic N) is 4. The van der Waals surface area contributed by atoms with E-state index in [0.717, 1.165) is 0 Å². The molecule has 0 unspecified atom stereocenters. The summed E-state index contributed by atoms with van der Waals surface area (Å²) in [7, 11) is 0. The third-order valence-electron chi connectivity index (χ3n) is 4.34. The second-order valence-electron chi connectivity index (χ2n) is 6.25. The Labute approximate surface area is 166 Å². The number of ether oxygens (including phenoxy) is 1. The molecule has 10 heteroatoms. The largest absolute Gasteiger partial charge is 0.466 e. The number of nitrogens with one attached hydrogen (secondary N) is 1. The first-order valence-electron chi connectivity index (χ1n) is 9.04. The van der Waals surface area contributed by atoms with Crippen LogP contribution in [0.2, 0.25) is 0 Å². The Balaban J connectivity index is 1.49. The average molecular weight is 403 g/mol. The number of piperidine rings is 1. The molecule has 148 valence electrons. The van der Waals surface area contributed by atoms with Gasteiger partial charge in [0.2, 0.25) is 11.7 Å². The minimum absolute atomic E-state index is 0.0446. The van der Waals surface area contributed by atoms with Crippen LogP contribution < -0.4 is 5.32 Å². The number of rotatable bonds is 6. The maximum absolute atomic E-state index is 12.5. The van der Waals surface area contributed by atoms with Crippen LogP contribution in [0.4, 0.5) is 5.13 Å². The fraction of sp³-hybridized carbons (Fsp3) is 0.444. The van der Waals surface area contributed by atoms with E-state index in [4.69, 9.17) is 4.74 Å². The Morgan fingerprint density at radius 2 is 1.96 bits per heavy atom. The lowest BCUT2D eigenvalue weighted by Crippen LogP contribution is -2.41. The van der Waals surface area contributed by atoms with Crippen LogP contribution in [0.1, 0.15) is 36.1 Å². The van der Waals surface area contributed by atoms with E-state index in [9.17, 15) is 14.4 Å². The lowest BCUT2D eigenvalue weighted by molar-refractivity contribution is -0.151. The van der Waals surface area contributed by atoms with Gasteiger partial charge in [-0.3, -0.25) is 19.7 Å². The van der Waals surface area contributed by atoms with Crippen LogP contribution >= 0.6 is 11.3 Å². The molecule has 3 rings (SSSR count). The van der Waals surface area contributed by atoms with Crippen LogP contribution in [0.25, 0.3) is 0 Å². The highest BCUT2D eigenvalue weighted by Gasteiger charge is 2.28. The van der Waals surface area contributed by atoms with Gasteiger partial charge >= 0.3 is 5.97 Å². The van der Waals surface area contributed by atoms with Gasteiger partial charge in [-0.15, -0.1) is 11.3 Å². The van der Waals surface area contributed by atoms with Crippen LogP contribution in [-0.2, 0) is 20.7 Å². The van der Waals surface area contributed by atoms with Crippen LogP contribution in [-0.4, -0.2) is 57.3 Å². The first-order chi connectivity index (χ1) is 13.6. The molecule has 0 atom stereocenters. The Morgan fingerprint density at radius 3 is 2.64 bits per heavy atom. The molecule has 1 aliphatic rings. The summed E-state index contributed by atoms with van der Waals surface area (Å²) in [6, 6.07) is 1.62. The quantitative estimate of drug-likeness (QED) is 0.728. The van der Waals surface area contributed by atoms with E-state index < -0.39 is 5.91 Å². The van der Waals surface area contributed by atoms with E-state index in [1.54, 1.807) is 23.3 Å². The van der Waals surface area contributed by atoms with Crippen LogP contribution in [0.5, 0.6) is 0 Å². The highest BCUT2D eigenvalue weighted by atomic mass is 32.1. The molecule has 2 aromatic heterocycles. The summed E-state index contributed by atoms with van der Waals surface area (Å²) < 4.78 is 5.04. The highest BCUT2D eigenvalue weighted by molar-refractivity contribution is 7.14. The monoisotopic (exact) mass is 403 g/mol. The normalized spacial score (nSPS) is 14.5. The Kier molecular flexibility index (Phi) is 6.64. The topological polar surface area (TPSA) is 114 Å². The molecule has 0 aliphatic carbocycles. The molecule has 1 fully saturated rings. The molecule has 0 aromatic carbocycles. The first kappa shape index (κ1) is 19.9. The van der Waals surface area contributed by atoms with Crippen LogP contribution in [0, 0.1) is 5.92 Å². The second-order valence-corrected chi connectivity index (χ2v) is 7.11. The Bertz CT molecular complexity index is 834. The standard InChI is InChI=1S/C18H21N5O4S/c1-2-27-17(26)12-4-8-23(9-5-12)14(24)10-13-11-28-18(21-13)22-16(25)15-19-6-3-7-20-15/h3,6-7,11-12H,2,4-5,8-10H2,1H3,(H,21,22,25). The second kappa shape index (κ2) is 9.36. The summed E-state index contributed by atoms with van der Waals surface area (Å²) in [5.74, 6) is -0.757. The van der Waals surface area contributed by atoms with Gasteiger partial charge in [0.1, 0.15) is 0 Å². The molecule has 2 amide bonds. The van der Waals surface area contributed by atoms with Crippen molar-refractivity contribution in [2.45, 2.75) is 26.2 Å². The van der Waals surface area contributed by atoms with E-state index in [2.05, 4.69) is 20.3 Å². The minimum Gasteiger partial charge on any atom is -0.466 e. The highest BCUT2D eigenvalue weighted by Crippen LogP contribution is 2.21. The number of hydrogen-bond donors (Lipinski definition) is 1. The maximum Gasteiger partial charge on any atom is 0.309 e. The fourth-order valence-electron chi connectivity index (χ4n) is 2.91. The van der Waals surface area contributed by atoms with Crippen molar-refractivity contribution in [2.75, 3.05) is 25.0 Å². The number of amides is 2. The van der Waals surface area contributed by atoms with Crippen molar-refractivity contribution in [3.8, 4) is 0 Å². The molecule has 2 aromatic rings. The molecule has 3 heterocycles. The summed E-state index contributed by atoms with van der Waals surface area (Å²) in [5.41, 5.74) is 0.590. The van der Waals surface area contributed by atoms with Crippen molar-refractivity contribution in [3.05, 3.63) is 35.4 Å². The molecule has 0 spiro atoms. The number of likely N-dealkylation sites (tertiary alicyclic amines) is 1. The predicted octanol–water partition coefficient (Wildman–Crippen LogP) is 1.53. The van der Waals surface area contributed by atoms with Gasteiger partial charge in [0.15, 0.2) is 5.13 Å². The molecule has 0 bridgehead atoms. The summed E-state index contributed by atoms with van der Waals surface area (Å²) in [6.45, 7) is 3.22. The molecule has 1 saturated heterocycles. The van der Waals surface area contributed by atoms with Crippen LogP contribution in [0.15, 0.2) is 23.8 Å².